The third kappa shape index (κ3) is 3.26. The fourth-order valence-electron chi connectivity index (χ4n) is 4.90. The van der Waals surface area contributed by atoms with Crippen molar-refractivity contribution in [2.45, 2.75) is 38.8 Å². The van der Waals surface area contributed by atoms with E-state index >= 15 is 0 Å². The lowest BCUT2D eigenvalue weighted by Crippen LogP contribution is -2.52. The first-order chi connectivity index (χ1) is 15.5. The van der Waals surface area contributed by atoms with Gasteiger partial charge in [0.15, 0.2) is 11.5 Å². The Kier molecular flexibility index (Phi) is 4.33. The smallest absolute Gasteiger partial charge is 0.258 e. The molecule has 0 amide bonds. The number of hydrogen-bond donors (Lipinski definition) is 0. The van der Waals surface area contributed by atoms with E-state index in [1.807, 2.05) is 25.3 Å². The van der Waals surface area contributed by atoms with Crippen LogP contribution in [0.5, 0.6) is 0 Å². The van der Waals surface area contributed by atoms with E-state index in [-0.39, 0.29) is 11.2 Å². The van der Waals surface area contributed by atoms with E-state index in [9.17, 15) is 9.18 Å². The maximum absolute atomic E-state index is 14.5. The molecule has 1 aliphatic heterocycles. The zero-order valence-corrected chi connectivity index (χ0v) is 18.2. The molecule has 2 aliphatic rings. The van der Waals surface area contributed by atoms with Gasteiger partial charge in [-0.3, -0.25) is 14.1 Å². The molecule has 0 radical (unpaired) electrons. The minimum atomic E-state index is -0.438. The maximum atomic E-state index is 14.5. The lowest BCUT2D eigenvalue weighted by Gasteiger charge is -2.41. The topological polar surface area (TPSA) is 58.2 Å². The molecule has 5 heterocycles. The third-order valence-corrected chi connectivity index (χ3v) is 6.63. The molecule has 164 valence electrons. The zero-order valence-electron chi connectivity index (χ0n) is 18.2. The largest absolute Gasteiger partial charge is 0.367 e. The quantitative estimate of drug-likeness (QED) is 0.498. The number of rotatable bonds is 3. The molecule has 6 rings (SSSR count). The summed E-state index contributed by atoms with van der Waals surface area (Å²) >= 11 is 0. The number of aryl methyl sites for hydroxylation is 1. The van der Waals surface area contributed by atoms with Crippen LogP contribution in [-0.4, -0.2) is 55.4 Å². The number of halogens is 1. The van der Waals surface area contributed by atoms with Gasteiger partial charge in [-0.1, -0.05) is 0 Å². The predicted molar refractivity (Wildman–Crippen MR) is 122 cm³/mol. The average Bonchev–Trinajstić information content (AvgIpc) is 3.54. The second kappa shape index (κ2) is 7.13. The van der Waals surface area contributed by atoms with Crippen molar-refractivity contribution in [3.63, 3.8) is 0 Å². The molecule has 8 heteroatoms. The zero-order chi connectivity index (χ0) is 22.0. The molecule has 2 fully saturated rings. The van der Waals surface area contributed by atoms with E-state index in [4.69, 9.17) is 0 Å². The van der Waals surface area contributed by atoms with Gasteiger partial charge in [0.1, 0.15) is 5.65 Å². The average molecular weight is 433 g/mol. The molecule has 0 N–H and O–H groups in total. The minimum Gasteiger partial charge on any atom is -0.367 e. The molecular formula is C24H25FN6O. The summed E-state index contributed by atoms with van der Waals surface area (Å²) in [6.45, 7) is 7.06. The van der Waals surface area contributed by atoms with E-state index < -0.39 is 5.82 Å². The van der Waals surface area contributed by atoms with Crippen LogP contribution in [0.1, 0.15) is 25.5 Å². The molecule has 4 aromatic heterocycles. The van der Waals surface area contributed by atoms with Crippen LogP contribution in [0.25, 0.3) is 22.6 Å². The van der Waals surface area contributed by atoms with Gasteiger partial charge in [0, 0.05) is 61.9 Å². The molecule has 0 spiro atoms. The van der Waals surface area contributed by atoms with Crippen LogP contribution in [-0.2, 0) is 0 Å². The summed E-state index contributed by atoms with van der Waals surface area (Å²) in [6.07, 6.45) is 8.02. The lowest BCUT2D eigenvalue weighted by atomic mass is 10.1. The van der Waals surface area contributed by atoms with Crippen molar-refractivity contribution in [1.29, 1.82) is 0 Å². The Morgan fingerprint density at radius 2 is 1.91 bits per heavy atom. The summed E-state index contributed by atoms with van der Waals surface area (Å²) in [5.41, 5.74) is 3.37. The van der Waals surface area contributed by atoms with E-state index in [1.54, 1.807) is 21.2 Å². The van der Waals surface area contributed by atoms with Crippen LogP contribution >= 0.6 is 0 Å². The first-order valence-electron chi connectivity index (χ1n) is 11.2. The minimum absolute atomic E-state index is 0.182. The molecule has 1 saturated carbocycles. The standard InChI is InChI=1S/C24H25FN6O/c1-15-11-29-13-17(9-20(25)24(29)26-15)21-10-23(32)31-14-19(5-6-22(31)27-21)28-7-8-30(16(2)12-28)18-3-4-18/h5-6,9-11,13-14,16,18H,3-4,7-8,12H2,1-2H3/t16-/m0/s1. The molecule has 1 saturated heterocycles. The summed E-state index contributed by atoms with van der Waals surface area (Å²) in [7, 11) is 0. The number of pyridine rings is 2. The number of hydrogen-bond acceptors (Lipinski definition) is 5. The molecule has 1 atom stereocenters. The highest BCUT2D eigenvalue weighted by molar-refractivity contribution is 5.64. The number of aromatic nitrogens is 4. The van der Waals surface area contributed by atoms with Gasteiger partial charge < -0.3 is 9.30 Å². The van der Waals surface area contributed by atoms with Crippen molar-refractivity contribution < 1.29 is 4.39 Å². The fraction of sp³-hybridized carbons (Fsp3) is 0.375. The van der Waals surface area contributed by atoms with Crippen molar-refractivity contribution in [2.75, 3.05) is 24.5 Å². The van der Waals surface area contributed by atoms with Crippen LogP contribution in [0.4, 0.5) is 10.1 Å². The second-order valence-electron chi connectivity index (χ2n) is 9.05. The predicted octanol–water partition coefficient (Wildman–Crippen LogP) is 3.13. The Morgan fingerprint density at radius 3 is 2.69 bits per heavy atom. The van der Waals surface area contributed by atoms with Crippen LogP contribution in [0.3, 0.4) is 0 Å². The van der Waals surface area contributed by atoms with Crippen LogP contribution < -0.4 is 10.5 Å². The summed E-state index contributed by atoms with van der Waals surface area (Å²) in [4.78, 5) is 26.7. The molecule has 32 heavy (non-hydrogen) atoms. The summed E-state index contributed by atoms with van der Waals surface area (Å²) < 4.78 is 17.7. The number of imidazole rings is 1. The van der Waals surface area contributed by atoms with Crippen molar-refractivity contribution in [1.82, 2.24) is 23.7 Å². The monoisotopic (exact) mass is 432 g/mol. The third-order valence-electron chi connectivity index (χ3n) is 6.63. The van der Waals surface area contributed by atoms with Crippen molar-refractivity contribution in [3.8, 4) is 11.3 Å². The lowest BCUT2D eigenvalue weighted by molar-refractivity contribution is 0.180. The Labute approximate surface area is 184 Å². The molecule has 4 aromatic rings. The van der Waals surface area contributed by atoms with E-state index in [1.165, 1.54) is 25.0 Å². The SMILES string of the molecule is Cc1cn2cc(-c3cc(=O)n4cc(N5CCN(C6CC6)[C@@H](C)C5)ccc4n3)cc(F)c2n1. The highest BCUT2D eigenvalue weighted by Gasteiger charge is 2.35. The van der Waals surface area contributed by atoms with Gasteiger partial charge >= 0.3 is 0 Å². The summed E-state index contributed by atoms with van der Waals surface area (Å²) in [5, 5.41) is 0. The highest BCUT2D eigenvalue weighted by atomic mass is 19.1. The number of anilines is 1. The molecular weight excluding hydrogens is 407 g/mol. The fourth-order valence-corrected chi connectivity index (χ4v) is 4.90. The Bertz CT molecular complexity index is 1410. The maximum Gasteiger partial charge on any atom is 0.258 e. The molecule has 0 bridgehead atoms. The van der Waals surface area contributed by atoms with Gasteiger partial charge in [-0.15, -0.1) is 0 Å². The molecule has 1 aliphatic carbocycles. The summed E-state index contributed by atoms with van der Waals surface area (Å²) in [5.74, 6) is -0.438. The second-order valence-corrected chi connectivity index (χ2v) is 9.05. The molecule has 0 aromatic carbocycles. The Hall–Kier alpha value is -3.26. The van der Waals surface area contributed by atoms with E-state index in [0.29, 0.717) is 22.9 Å². The number of nitrogens with zero attached hydrogens (tertiary/aromatic N) is 6. The first kappa shape index (κ1) is 19.4. The van der Waals surface area contributed by atoms with Gasteiger partial charge in [-0.25, -0.2) is 14.4 Å². The molecule has 7 nitrogen and oxygen atoms in total. The molecule has 0 unspecified atom stereocenters. The normalized spacial score (nSPS) is 19.8. The van der Waals surface area contributed by atoms with Crippen LogP contribution in [0.2, 0.25) is 0 Å². The van der Waals surface area contributed by atoms with Crippen molar-refractivity contribution in [3.05, 3.63) is 64.7 Å². The van der Waals surface area contributed by atoms with E-state index in [0.717, 1.165) is 37.1 Å². The van der Waals surface area contributed by atoms with Crippen molar-refractivity contribution >= 4 is 17.0 Å². The van der Waals surface area contributed by atoms with Gasteiger partial charge in [-0.05, 0) is 44.9 Å². The Balaban J connectivity index is 1.34. The van der Waals surface area contributed by atoms with Gasteiger partial charge in [0.25, 0.3) is 5.56 Å². The number of fused-ring (bicyclic) bond motifs is 2. The first-order valence-corrected chi connectivity index (χ1v) is 11.2. The van der Waals surface area contributed by atoms with Gasteiger partial charge in [0.05, 0.1) is 17.1 Å². The van der Waals surface area contributed by atoms with Gasteiger partial charge in [0.2, 0.25) is 0 Å². The number of piperazine rings is 1. The summed E-state index contributed by atoms with van der Waals surface area (Å²) in [6, 6.07) is 8.01. The van der Waals surface area contributed by atoms with Crippen LogP contribution in [0.15, 0.2) is 47.7 Å². The Morgan fingerprint density at radius 1 is 1.06 bits per heavy atom. The highest BCUT2D eigenvalue weighted by Crippen LogP contribution is 2.31. The van der Waals surface area contributed by atoms with Crippen molar-refractivity contribution in [2.24, 2.45) is 0 Å². The van der Waals surface area contributed by atoms with Gasteiger partial charge in [-0.2, -0.15) is 0 Å². The van der Waals surface area contributed by atoms with E-state index in [2.05, 4.69) is 26.7 Å². The van der Waals surface area contributed by atoms with Crippen LogP contribution in [0, 0.1) is 12.7 Å².